The molecular formula is C14H20N2O2. The molecule has 1 aromatic heterocycles. The molecule has 1 saturated heterocycles. The maximum atomic E-state index is 11.3. The highest BCUT2D eigenvalue weighted by molar-refractivity contribution is 5.93. The molecule has 18 heavy (non-hydrogen) atoms. The molecule has 1 aliphatic heterocycles. The number of carboxylic acid groups (broad SMARTS) is 1. The molecule has 2 rings (SSSR count). The zero-order valence-corrected chi connectivity index (χ0v) is 11.2. The summed E-state index contributed by atoms with van der Waals surface area (Å²) in [5.41, 5.74) is 1.18. The van der Waals surface area contributed by atoms with Gasteiger partial charge in [-0.2, -0.15) is 0 Å². The van der Waals surface area contributed by atoms with E-state index in [1.54, 1.807) is 12.1 Å². The van der Waals surface area contributed by atoms with E-state index in [-0.39, 0.29) is 0 Å². The van der Waals surface area contributed by atoms with Crippen LogP contribution in [0.15, 0.2) is 12.1 Å². The van der Waals surface area contributed by atoms with Crippen LogP contribution in [0.5, 0.6) is 0 Å². The number of nitrogens with zero attached hydrogens (tertiary/aromatic N) is 2. The van der Waals surface area contributed by atoms with Crippen molar-refractivity contribution in [2.45, 2.75) is 39.7 Å². The summed E-state index contributed by atoms with van der Waals surface area (Å²) in [5.74, 6) is 0.252. The van der Waals surface area contributed by atoms with Crippen molar-refractivity contribution in [2.75, 3.05) is 11.4 Å². The Hall–Kier alpha value is -1.58. The third-order valence-electron chi connectivity index (χ3n) is 3.59. The van der Waals surface area contributed by atoms with E-state index in [4.69, 9.17) is 0 Å². The second kappa shape index (κ2) is 4.96. The molecule has 4 heteroatoms. The molecule has 1 N–H and O–H groups in total. The van der Waals surface area contributed by atoms with Gasteiger partial charge in [-0.3, -0.25) is 0 Å². The molecule has 1 atom stereocenters. The number of hydrogen-bond donors (Lipinski definition) is 1. The van der Waals surface area contributed by atoms with Gasteiger partial charge in [-0.15, -0.1) is 0 Å². The number of carbonyl (C=O) groups is 1. The van der Waals surface area contributed by atoms with Crippen LogP contribution >= 0.6 is 0 Å². The fraction of sp³-hybridized carbons (Fsp3) is 0.571. The number of rotatable bonds is 3. The number of carboxylic acids is 1. The molecule has 0 spiro atoms. The summed E-state index contributed by atoms with van der Waals surface area (Å²) in [5, 5.41) is 9.28. The van der Waals surface area contributed by atoms with E-state index in [2.05, 4.69) is 23.7 Å². The lowest BCUT2D eigenvalue weighted by atomic mass is 10.0. The number of aryl methyl sites for hydroxylation is 1. The van der Waals surface area contributed by atoms with Gasteiger partial charge in [0.2, 0.25) is 0 Å². The SMILES string of the molecule is Cc1ccc(C(=O)O)c(N2CCCC2C(C)C)n1. The summed E-state index contributed by atoms with van der Waals surface area (Å²) in [6, 6.07) is 3.82. The molecule has 0 saturated carbocycles. The van der Waals surface area contributed by atoms with Gasteiger partial charge in [-0.25, -0.2) is 9.78 Å². The Labute approximate surface area is 108 Å². The molecule has 1 aliphatic rings. The minimum atomic E-state index is -0.896. The minimum absolute atomic E-state index is 0.313. The summed E-state index contributed by atoms with van der Waals surface area (Å²) in [4.78, 5) is 17.9. The van der Waals surface area contributed by atoms with Crippen LogP contribution in [0.1, 0.15) is 42.7 Å². The molecular weight excluding hydrogens is 228 g/mol. The molecule has 2 heterocycles. The van der Waals surface area contributed by atoms with E-state index >= 15 is 0 Å². The molecule has 0 aromatic carbocycles. The van der Waals surface area contributed by atoms with Crippen molar-refractivity contribution >= 4 is 11.8 Å². The third kappa shape index (κ3) is 2.33. The second-order valence-electron chi connectivity index (χ2n) is 5.28. The average molecular weight is 248 g/mol. The maximum Gasteiger partial charge on any atom is 0.339 e. The first-order chi connectivity index (χ1) is 8.50. The van der Waals surface area contributed by atoms with E-state index in [1.165, 1.54) is 0 Å². The molecule has 1 aromatic rings. The van der Waals surface area contributed by atoms with Crippen LogP contribution in [0.25, 0.3) is 0 Å². The van der Waals surface area contributed by atoms with Crippen molar-refractivity contribution < 1.29 is 9.90 Å². The van der Waals surface area contributed by atoms with Crippen LogP contribution in [0.2, 0.25) is 0 Å². The Bertz CT molecular complexity index is 457. The highest BCUT2D eigenvalue weighted by Crippen LogP contribution is 2.30. The molecule has 0 aliphatic carbocycles. The summed E-state index contributed by atoms with van der Waals surface area (Å²) in [6.07, 6.45) is 2.23. The monoisotopic (exact) mass is 248 g/mol. The van der Waals surface area contributed by atoms with Crippen LogP contribution in [0.3, 0.4) is 0 Å². The standard InChI is InChI=1S/C14H20N2O2/c1-9(2)12-5-4-8-16(12)13-11(14(17)18)7-6-10(3)15-13/h6-7,9,12H,4-5,8H2,1-3H3,(H,17,18). The lowest BCUT2D eigenvalue weighted by molar-refractivity contribution is 0.0697. The van der Waals surface area contributed by atoms with Crippen LogP contribution in [-0.2, 0) is 0 Å². The van der Waals surface area contributed by atoms with Crippen LogP contribution in [0.4, 0.5) is 5.82 Å². The average Bonchev–Trinajstić information content (AvgIpc) is 2.77. The van der Waals surface area contributed by atoms with Crippen molar-refractivity contribution in [2.24, 2.45) is 5.92 Å². The number of anilines is 1. The summed E-state index contributed by atoms with van der Waals surface area (Å²) in [6.45, 7) is 7.16. The highest BCUT2D eigenvalue weighted by Gasteiger charge is 2.30. The van der Waals surface area contributed by atoms with E-state index in [9.17, 15) is 9.90 Å². The van der Waals surface area contributed by atoms with Gasteiger partial charge < -0.3 is 10.0 Å². The fourth-order valence-corrected chi connectivity index (χ4v) is 2.68. The summed E-state index contributed by atoms with van der Waals surface area (Å²) >= 11 is 0. The van der Waals surface area contributed by atoms with Gasteiger partial charge in [-0.05, 0) is 37.8 Å². The Morgan fingerprint density at radius 2 is 2.22 bits per heavy atom. The zero-order valence-electron chi connectivity index (χ0n) is 11.2. The molecule has 0 radical (unpaired) electrons. The highest BCUT2D eigenvalue weighted by atomic mass is 16.4. The number of aromatic nitrogens is 1. The molecule has 1 fully saturated rings. The molecule has 1 unspecified atom stereocenters. The Balaban J connectivity index is 2.42. The van der Waals surface area contributed by atoms with Gasteiger partial charge in [0.25, 0.3) is 0 Å². The van der Waals surface area contributed by atoms with Crippen molar-refractivity contribution in [1.29, 1.82) is 0 Å². The van der Waals surface area contributed by atoms with Crippen molar-refractivity contribution in [3.05, 3.63) is 23.4 Å². The van der Waals surface area contributed by atoms with Crippen molar-refractivity contribution in [3.8, 4) is 0 Å². The smallest absolute Gasteiger partial charge is 0.339 e. The number of pyridine rings is 1. The summed E-state index contributed by atoms with van der Waals surface area (Å²) in [7, 11) is 0. The zero-order chi connectivity index (χ0) is 13.3. The number of aromatic carboxylic acids is 1. The Morgan fingerprint density at radius 3 is 2.83 bits per heavy atom. The first kappa shape index (κ1) is 12.9. The first-order valence-electron chi connectivity index (χ1n) is 6.48. The third-order valence-corrected chi connectivity index (χ3v) is 3.59. The molecule has 98 valence electrons. The van der Waals surface area contributed by atoms with Gasteiger partial charge in [0.05, 0.1) is 0 Å². The van der Waals surface area contributed by atoms with E-state index < -0.39 is 5.97 Å². The predicted molar refractivity (Wildman–Crippen MR) is 71.1 cm³/mol. The second-order valence-corrected chi connectivity index (χ2v) is 5.28. The predicted octanol–water partition coefficient (Wildman–Crippen LogP) is 2.71. The number of hydrogen-bond acceptors (Lipinski definition) is 3. The van der Waals surface area contributed by atoms with E-state index in [1.807, 2.05) is 6.92 Å². The maximum absolute atomic E-state index is 11.3. The fourth-order valence-electron chi connectivity index (χ4n) is 2.68. The van der Waals surface area contributed by atoms with Crippen molar-refractivity contribution in [1.82, 2.24) is 4.98 Å². The normalized spacial score (nSPS) is 19.6. The van der Waals surface area contributed by atoms with Crippen LogP contribution in [0, 0.1) is 12.8 Å². The summed E-state index contributed by atoms with van der Waals surface area (Å²) < 4.78 is 0. The van der Waals surface area contributed by atoms with Gasteiger partial charge >= 0.3 is 5.97 Å². The van der Waals surface area contributed by atoms with E-state index in [0.29, 0.717) is 23.3 Å². The van der Waals surface area contributed by atoms with Crippen LogP contribution in [-0.4, -0.2) is 28.6 Å². The molecule has 4 nitrogen and oxygen atoms in total. The van der Waals surface area contributed by atoms with Crippen molar-refractivity contribution in [3.63, 3.8) is 0 Å². The lowest BCUT2D eigenvalue weighted by Crippen LogP contribution is -2.35. The van der Waals surface area contributed by atoms with Gasteiger partial charge in [0.1, 0.15) is 11.4 Å². The first-order valence-corrected chi connectivity index (χ1v) is 6.48. The minimum Gasteiger partial charge on any atom is -0.478 e. The van der Waals surface area contributed by atoms with Gasteiger partial charge in [0.15, 0.2) is 0 Å². The molecule has 0 bridgehead atoms. The lowest BCUT2D eigenvalue weighted by Gasteiger charge is -2.29. The van der Waals surface area contributed by atoms with Gasteiger partial charge in [-0.1, -0.05) is 13.8 Å². The van der Waals surface area contributed by atoms with E-state index in [0.717, 1.165) is 25.1 Å². The topological polar surface area (TPSA) is 53.4 Å². The largest absolute Gasteiger partial charge is 0.478 e. The molecule has 0 amide bonds. The Kier molecular flexibility index (Phi) is 3.55. The van der Waals surface area contributed by atoms with Gasteiger partial charge in [0, 0.05) is 18.3 Å². The Morgan fingerprint density at radius 1 is 1.50 bits per heavy atom. The quantitative estimate of drug-likeness (QED) is 0.893. The van der Waals surface area contributed by atoms with Crippen LogP contribution < -0.4 is 4.90 Å².